The summed E-state index contributed by atoms with van der Waals surface area (Å²) >= 11 is 0. The molecule has 9 heteroatoms. The van der Waals surface area contributed by atoms with Crippen LogP contribution in [0.3, 0.4) is 0 Å². The molecular weight excluding hydrogens is 344 g/mol. The first-order chi connectivity index (χ1) is 11.9. The summed E-state index contributed by atoms with van der Waals surface area (Å²) < 4.78 is 26.2. The van der Waals surface area contributed by atoms with E-state index in [4.69, 9.17) is 0 Å². The molecule has 2 heterocycles. The van der Waals surface area contributed by atoms with Gasteiger partial charge in [-0.3, -0.25) is 14.6 Å². The first-order valence-electron chi connectivity index (χ1n) is 9.15. The van der Waals surface area contributed by atoms with Crippen LogP contribution < -0.4 is 5.32 Å². The van der Waals surface area contributed by atoms with Gasteiger partial charge in [-0.25, -0.2) is 13.2 Å². The number of carbonyl (C=O) groups is 2. The molecule has 25 heavy (non-hydrogen) atoms. The molecule has 0 aromatic heterocycles. The summed E-state index contributed by atoms with van der Waals surface area (Å²) in [6.45, 7) is 2.61. The molecule has 3 amide bonds. The normalized spacial score (nSPS) is 26.4. The summed E-state index contributed by atoms with van der Waals surface area (Å²) in [7, 11) is -3.22. The van der Waals surface area contributed by atoms with Gasteiger partial charge < -0.3 is 5.32 Å². The Morgan fingerprint density at radius 2 is 1.80 bits per heavy atom. The van der Waals surface area contributed by atoms with Crippen LogP contribution >= 0.6 is 0 Å². The number of nitrogens with one attached hydrogen (secondary N) is 1. The zero-order valence-electron chi connectivity index (χ0n) is 14.8. The Morgan fingerprint density at radius 1 is 1.12 bits per heavy atom. The van der Waals surface area contributed by atoms with Crippen LogP contribution in [0, 0.1) is 0 Å². The second-order valence-electron chi connectivity index (χ2n) is 7.32. The monoisotopic (exact) mass is 372 g/mol. The second kappa shape index (κ2) is 7.59. The smallest absolute Gasteiger partial charge is 0.324 e. The van der Waals surface area contributed by atoms with Gasteiger partial charge in [-0.2, -0.15) is 4.31 Å². The lowest BCUT2D eigenvalue weighted by Gasteiger charge is -2.40. The minimum absolute atomic E-state index is 0.0236. The maximum atomic E-state index is 12.3. The van der Waals surface area contributed by atoms with Gasteiger partial charge in [0.15, 0.2) is 0 Å². The number of urea groups is 1. The molecule has 0 bridgehead atoms. The lowest BCUT2D eigenvalue weighted by molar-refractivity contribution is -0.128. The zero-order valence-corrected chi connectivity index (χ0v) is 15.6. The average Bonchev–Trinajstić information content (AvgIpc) is 2.78. The second-order valence-corrected chi connectivity index (χ2v) is 9.20. The number of likely N-dealkylation sites (tertiary alicyclic amines) is 1. The predicted molar refractivity (Wildman–Crippen MR) is 93.5 cm³/mol. The summed E-state index contributed by atoms with van der Waals surface area (Å²) in [5, 5.41) is 2.64. The van der Waals surface area contributed by atoms with E-state index in [2.05, 4.69) is 10.2 Å². The Hall–Kier alpha value is -1.19. The Bertz CT molecular complexity index is 620. The predicted octanol–water partition coefficient (Wildman–Crippen LogP) is 0.207. The van der Waals surface area contributed by atoms with Gasteiger partial charge in [-0.15, -0.1) is 0 Å². The van der Waals surface area contributed by atoms with E-state index >= 15 is 0 Å². The van der Waals surface area contributed by atoms with Crippen LogP contribution in [-0.4, -0.2) is 85.5 Å². The molecule has 0 unspecified atom stereocenters. The van der Waals surface area contributed by atoms with Crippen LogP contribution in [-0.2, 0) is 14.8 Å². The van der Waals surface area contributed by atoms with Crippen molar-refractivity contribution in [2.24, 2.45) is 0 Å². The quantitative estimate of drug-likeness (QED) is 0.745. The molecule has 2 saturated heterocycles. The molecule has 1 atom stereocenters. The molecule has 1 saturated carbocycles. The fraction of sp³-hybridized carbons (Fsp3) is 0.875. The van der Waals surface area contributed by atoms with Crippen molar-refractivity contribution < 1.29 is 18.0 Å². The van der Waals surface area contributed by atoms with Gasteiger partial charge in [0.1, 0.15) is 0 Å². The highest BCUT2D eigenvalue weighted by Gasteiger charge is 2.37. The van der Waals surface area contributed by atoms with Crippen molar-refractivity contribution in [2.45, 2.75) is 50.6 Å². The van der Waals surface area contributed by atoms with Crippen molar-refractivity contribution in [3.63, 3.8) is 0 Å². The average molecular weight is 372 g/mol. The summed E-state index contributed by atoms with van der Waals surface area (Å²) in [5.41, 5.74) is 0. The number of amides is 3. The number of nitrogens with zero attached hydrogens (tertiary/aromatic N) is 3. The molecule has 0 radical (unpaired) electrons. The van der Waals surface area contributed by atoms with Gasteiger partial charge in [0.25, 0.3) is 0 Å². The highest BCUT2D eigenvalue weighted by molar-refractivity contribution is 7.88. The zero-order chi connectivity index (χ0) is 18.0. The summed E-state index contributed by atoms with van der Waals surface area (Å²) in [4.78, 5) is 27.2. The van der Waals surface area contributed by atoms with E-state index in [1.165, 1.54) is 11.2 Å². The highest BCUT2D eigenvalue weighted by Crippen LogP contribution is 2.31. The standard InChI is InChI=1S/C16H28N4O4S/c1-25(23,24)20(13-4-2-5-13)14-6-3-9-18(10-7-14)12-15(21)19-11-8-17-16(19)22/h13-14H,2-12H2,1H3,(H,17,22)/t14-/m0/s1. The Morgan fingerprint density at radius 3 is 2.36 bits per heavy atom. The Balaban J connectivity index is 1.58. The number of carbonyl (C=O) groups excluding carboxylic acids is 2. The van der Waals surface area contributed by atoms with Crippen molar-refractivity contribution in [2.75, 3.05) is 39.0 Å². The molecule has 1 N–H and O–H groups in total. The molecule has 2 aliphatic heterocycles. The van der Waals surface area contributed by atoms with E-state index in [-0.39, 0.29) is 30.6 Å². The third-order valence-corrected chi connectivity index (χ3v) is 6.85. The van der Waals surface area contributed by atoms with Crippen LogP contribution in [0.1, 0.15) is 38.5 Å². The van der Waals surface area contributed by atoms with Crippen molar-refractivity contribution in [1.82, 2.24) is 19.4 Å². The van der Waals surface area contributed by atoms with Crippen molar-refractivity contribution in [1.29, 1.82) is 0 Å². The fourth-order valence-corrected chi connectivity index (χ4v) is 5.52. The number of rotatable bonds is 5. The molecule has 0 aromatic rings. The molecule has 0 aromatic carbocycles. The number of hydrogen-bond acceptors (Lipinski definition) is 5. The Labute approximate surface area is 149 Å². The molecule has 1 aliphatic carbocycles. The van der Waals surface area contributed by atoms with Gasteiger partial charge in [0.05, 0.1) is 12.8 Å². The van der Waals surface area contributed by atoms with Crippen molar-refractivity contribution >= 4 is 22.0 Å². The van der Waals surface area contributed by atoms with Crippen LogP contribution in [0.25, 0.3) is 0 Å². The molecule has 0 spiro atoms. The molecule has 3 fully saturated rings. The van der Waals surface area contributed by atoms with Crippen LogP contribution in [0.2, 0.25) is 0 Å². The third kappa shape index (κ3) is 4.32. The number of imide groups is 1. The van der Waals surface area contributed by atoms with Gasteiger partial charge in [0.2, 0.25) is 15.9 Å². The summed E-state index contributed by atoms with van der Waals surface area (Å²) in [5.74, 6) is -0.174. The number of hydrogen-bond donors (Lipinski definition) is 1. The summed E-state index contributed by atoms with van der Waals surface area (Å²) in [6, 6.07) is -0.136. The van der Waals surface area contributed by atoms with Gasteiger partial charge in [0, 0.05) is 31.7 Å². The van der Waals surface area contributed by atoms with E-state index < -0.39 is 10.0 Å². The third-order valence-electron chi connectivity index (χ3n) is 5.48. The lowest BCUT2D eigenvalue weighted by Crippen LogP contribution is -2.50. The van der Waals surface area contributed by atoms with E-state index in [0.717, 1.165) is 45.1 Å². The summed E-state index contributed by atoms with van der Waals surface area (Å²) in [6.07, 6.45) is 6.75. The molecule has 3 rings (SSSR count). The fourth-order valence-electron chi connectivity index (χ4n) is 4.02. The van der Waals surface area contributed by atoms with Crippen LogP contribution in [0.5, 0.6) is 0 Å². The van der Waals surface area contributed by atoms with Gasteiger partial charge in [-0.05, 0) is 38.6 Å². The Kier molecular flexibility index (Phi) is 5.65. The minimum atomic E-state index is -3.22. The lowest BCUT2D eigenvalue weighted by atomic mass is 9.91. The first kappa shape index (κ1) is 18.6. The molecule has 3 aliphatic rings. The largest absolute Gasteiger partial charge is 0.336 e. The molecular formula is C16H28N4O4S. The molecule has 8 nitrogen and oxygen atoms in total. The van der Waals surface area contributed by atoms with E-state index in [9.17, 15) is 18.0 Å². The number of sulfonamides is 1. The van der Waals surface area contributed by atoms with Gasteiger partial charge in [-0.1, -0.05) is 6.42 Å². The van der Waals surface area contributed by atoms with Crippen molar-refractivity contribution in [3.05, 3.63) is 0 Å². The van der Waals surface area contributed by atoms with Crippen LogP contribution in [0.15, 0.2) is 0 Å². The SMILES string of the molecule is CS(=O)(=O)N(C1CCC1)[C@H]1CCCN(CC(=O)N2CCNC2=O)CC1. The van der Waals surface area contributed by atoms with E-state index in [0.29, 0.717) is 19.6 Å². The first-order valence-corrected chi connectivity index (χ1v) is 11.0. The van der Waals surface area contributed by atoms with E-state index in [1.807, 2.05) is 0 Å². The minimum Gasteiger partial charge on any atom is -0.336 e. The molecule has 142 valence electrons. The van der Waals surface area contributed by atoms with Gasteiger partial charge >= 0.3 is 6.03 Å². The maximum absolute atomic E-state index is 12.3. The highest BCUT2D eigenvalue weighted by atomic mass is 32.2. The van der Waals surface area contributed by atoms with Crippen molar-refractivity contribution in [3.8, 4) is 0 Å². The topological polar surface area (TPSA) is 90.0 Å². The van der Waals surface area contributed by atoms with E-state index in [1.54, 1.807) is 4.31 Å². The van der Waals surface area contributed by atoms with Crippen LogP contribution in [0.4, 0.5) is 4.79 Å². The maximum Gasteiger partial charge on any atom is 0.324 e.